The van der Waals surface area contributed by atoms with E-state index in [1.807, 2.05) is 30.3 Å². The van der Waals surface area contributed by atoms with Gasteiger partial charge in [-0.15, -0.1) is 26.0 Å². The van der Waals surface area contributed by atoms with E-state index in [1.54, 1.807) is 0 Å². The average molecular weight is 415 g/mol. The summed E-state index contributed by atoms with van der Waals surface area (Å²) in [7, 11) is 4.16. The predicted molar refractivity (Wildman–Crippen MR) is 81.6 cm³/mol. The van der Waals surface area contributed by atoms with Gasteiger partial charge in [0.1, 0.15) is 0 Å². The molecule has 0 saturated carbocycles. The molecule has 18 heavy (non-hydrogen) atoms. The molecule has 4 heteroatoms. The van der Waals surface area contributed by atoms with Crippen LogP contribution in [-0.2, 0) is 17.1 Å². The van der Waals surface area contributed by atoms with Crippen LogP contribution in [0.2, 0.25) is 0 Å². The Bertz CT molecular complexity index is 404. The summed E-state index contributed by atoms with van der Waals surface area (Å²) in [5.74, 6) is 0. The van der Waals surface area contributed by atoms with Crippen LogP contribution in [0.5, 0.6) is 0 Å². The van der Waals surface area contributed by atoms with Crippen molar-refractivity contribution in [2.75, 3.05) is 14.1 Å². The Morgan fingerprint density at radius 2 is 1.56 bits per heavy atom. The van der Waals surface area contributed by atoms with Gasteiger partial charge in [-0.3, -0.25) is 0 Å². The van der Waals surface area contributed by atoms with Gasteiger partial charge in [-0.25, -0.2) is 0 Å². The van der Waals surface area contributed by atoms with Gasteiger partial charge >= 0.3 is 0 Å². The van der Waals surface area contributed by atoms with Crippen molar-refractivity contribution in [3.8, 4) is 0 Å². The molecule has 0 aliphatic rings. The Morgan fingerprint density at radius 1 is 1.11 bits per heavy atom. The minimum Gasteiger partial charge on any atom is -0.748 e. The number of rotatable bonds is 2. The van der Waals surface area contributed by atoms with E-state index in [-0.39, 0.29) is 17.1 Å². The summed E-state index contributed by atoms with van der Waals surface area (Å²) in [5.41, 5.74) is 1.33. The fourth-order valence-electron chi connectivity index (χ4n) is 1.37. The Hall–Kier alpha value is 0.139. The normalized spacial score (nSPS) is 11.4. The Labute approximate surface area is 137 Å². The molecule has 1 nitrogen and oxygen atoms in total. The Balaban J connectivity index is 0.000000405. The maximum Gasteiger partial charge on any atom is 0 e. The van der Waals surface area contributed by atoms with E-state index in [2.05, 4.69) is 69.9 Å². The maximum absolute atomic E-state index is 3.55. The molecule has 0 spiro atoms. The molecule has 0 N–H and O–H groups in total. The van der Waals surface area contributed by atoms with E-state index < -0.39 is 0 Å². The summed E-state index contributed by atoms with van der Waals surface area (Å²) < 4.78 is 2.30. The fraction of sp³-hybridized carbons (Fsp3) is 0.286. The number of halogens is 2. The molecule has 0 amide bonds. The van der Waals surface area contributed by atoms with Crippen LogP contribution < -0.4 is 0 Å². The summed E-state index contributed by atoms with van der Waals surface area (Å²) >= 11 is 7.01. The van der Waals surface area contributed by atoms with E-state index >= 15 is 0 Å². The fourth-order valence-corrected chi connectivity index (χ4v) is 2.33. The van der Waals surface area contributed by atoms with Crippen LogP contribution in [0, 0.1) is 0 Å². The molecule has 1 atom stereocenters. The van der Waals surface area contributed by atoms with Gasteiger partial charge in [-0.2, -0.15) is 12.1 Å². The zero-order chi connectivity index (χ0) is 12.8. The average Bonchev–Trinajstić information content (AvgIpc) is 2.94. The molecule has 0 aromatic heterocycles. The van der Waals surface area contributed by atoms with Crippen molar-refractivity contribution in [3.63, 3.8) is 0 Å². The van der Waals surface area contributed by atoms with Crippen molar-refractivity contribution in [2.45, 2.75) is 13.0 Å². The van der Waals surface area contributed by atoms with E-state index in [0.717, 1.165) is 4.47 Å². The quantitative estimate of drug-likeness (QED) is 0.496. The van der Waals surface area contributed by atoms with Crippen molar-refractivity contribution < 1.29 is 17.1 Å². The third-order valence-electron chi connectivity index (χ3n) is 2.65. The van der Waals surface area contributed by atoms with Crippen molar-refractivity contribution in [3.05, 3.63) is 57.0 Å². The maximum atomic E-state index is 3.55. The van der Waals surface area contributed by atoms with Crippen molar-refractivity contribution in [1.29, 1.82) is 0 Å². The minimum atomic E-state index is 0. The molecule has 2 aromatic carbocycles. The molecule has 106 valence electrons. The SMILES string of the molecule is CC([c-]1ccc(Br)c1Br)N(C)C.[Fe].[cH-]1[cH-][cH-][cH-][cH-]1. The molecule has 0 radical (unpaired) electrons. The monoisotopic (exact) mass is 413 g/mol. The first-order chi connectivity index (χ1) is 8.04. The first kappa shape index (κ1) is 18.1. The van der Waals surface area contributed by atoms with E-state index in [0.29, 0.717) is 6.04 Å². The topological polar surface area (TPSA) is 3.24 Å². The van der Waals surface area contributed by atoms with Crippen LogP contribution in [0.15, 0.2) is 51.4 Å². The second-order valence-corrected chi connectivity index (χ2v) is 5.70. The van der Waals surface area contributed by atoms with Gasteiger partial charge < -0.3 is 35.2 Å². The first-order valence-corrected chi connectivity index (χ1v) is 7.06. The molecule has 0 fully saturated rings. The zero-order valence-electron chi connectivity index (χ0n) is 10.7. The molecule has 2 aromatic rings. The Kier molecular flexibility index (Phi) is 9.18. The van der Waals surface area contributed by atoms with E-state index in [1.165, 1.54) is 10.0 Å². The van der Waals surface area contributed by atoms with Crippen LogP contribution in [0.3, 0.4) is 0 Å². The van der Waals surface area contributed by atoms with Gasteiger partial charge in [0.05, 0.1) is 0 Å². The predicted octanol–water partition coefficient (Wildman–Crippen LogP) is 4.96. The largest absolute Gasteiger partial charge is 0.748 e. The number of nitrogens with zero attached hydrogens (tertiary/aromatic N) is 1. The standard InChI is InChI=1S/C9H12Br2N.C5H5.Fe/c1-6(12(2)3)7-4-5-8(10)9(7)11;1-2-4-5-3-1;/h4-6H,1-3H3;1-5H;/q-1;-5;. The first-order valence-electron chi connectivity index (χ1n) is 5.47. The molecule has 0 heterocycles. The summed E-state index contributed by atoms with van der Waals surface area (Å²) in [4.78, 5) is 2.19. The summed E-state index contributed by atoms with van der Waals surface area (Å²) in [6, 6.07) is 14.7. The molecule has 1 unspecified atom stereocenters. The van der Waals surface area contributed by atoms with Gasteiger partial charge in [-0.05, 0) is 20.1 Å². The van der Waals surface area contributed by atoms with Crippen molar-refractivity contribution in [1.82, 2.24) is 4.90 Å². The van der Waals surface area contributed by atoms with Gasteiger partial charge in [0.25, 0.3) is 0 Å². The van der Waals surface area contributed by atoms with Crippen LogP contribution >= 0.6 is 31.9 Å². The molecular formula is C14H17Br2FeN-6. The van der Waals surface area contributed by atoms with Gasteiger partial charge in [0, 0.05) is 17.1 Å². The summed E-state index contributed by atoms with van der Waals surface area (Å²) in [6.45, 7) is 2.19. The van der Waals surface area contributed by atoms with Crippen LogP contribution in [-0.4, -0.2) is 19.0 Å². The third-order valence-corrected chi connectivity index (χ3v) is 4.73. The van der Waals surface area contributed by atoms with Crippen LogP contribution in [0.4, 0.5) is 0 Å². The van der Waals surface area contributed by atoms with Gasteiger partial charge in [-0.1, -0.05) is 27.3 Å². The third kappa shape index (κ3) is 5.41. The van der Waals surface area contributed by atoms with Crippen molar-refractivity contribution >= 4 is 31.9 Å². The number of hydrogen-bond donors (Lipinski definition) is 0. The number of hydrogen-bond acceptors (Lipinski definition) is 1. The van der Waals surface area contributed by atoms with Crippen LogP contribution in [0.25, 0.3) is 0 Å². The molecular weight excluding hydrogens is 398 g/mol. The second-order valence-electron chi connectivity index (χ2n) is 4.05. The molecule has 0 aliphatic carbocycles. The van der Waals surface area contributed by atoms with Gasteiger partial charge in [0.2, 0.25) is 0 Å². The minimum absolute atomic E-state index is 0. The summed E-state index contributed by atoms with van der Waals surface area (Å²) in [5, 5.41) is 0. The zero-order valence-corrected chi connectivity index (χ0v) is 15.0. The van der Waals surface area contributed by atoms with E-state index in [4.69, 9.17) is 0 Å². The van der Waals surface area contributed by atoms with Crippen LogP contribution in [0.1, 0.15) is 18.5 Å². The van der Waals surface area contributed by atoms with E-state index in [9.17, 15) is 0 Å². The molecule has 0 saturated heterocycles. The second kappa shape index (κ2) is 9.11. The van der Waals surface area contributed by atoms with Crippen molar-refractivity contribution in [2.24, 2.45) is 0 Å². The smallest absolute Gasteiger partial charge is 0 e. The summed E-state index contributed by atoms with van der Waals surface area (Å²) in [6.07, 6.45) is 0. The molecule has 0 aliphatic heterocycles. The van der Waals surface area contributed by atoms with Gasteiger partial charge in [0.15, 0.2) is 0 Å². The Morgan fingerprint density at radius 3 is 1.83 bits per heavy atom. The molecule has 0 bridgehead atoms. The molecule has 2 rings (SSSR count).